The van der Waals surface area contributed by atoms with Crippen molar-refractivity contribution in [2.45, 2.75) is 77.4 Å². The first-order chi connectivity index (χ1) is 12.0. The molecule has 2 heterocycles. The number of fused-ring (bicyclic) bond motifs is 2. The summed E-state index contributed by atoms with van der Waals surface area (Å²) in [6.45, 7) is 7.76. The minimum absolute atomic E-state index is 0.565. The van der Waals surface area contributed by atoms with Gasteiger partial charge in [-0.15, -0.1) is 0 Å². The average molecular weight is 384 g/mol. The van der Waals surface area contributed by atoms with Gasteiger partial charge in [-0.25, -0.2) is 0 Å². The molecule has 0 aliphatic carbocycles. The maximum absolute atomic E-state index is 6.20. The Hall–Kier alpha value is -0.440. The van der Waals surface area contributed by atoms with Crippen LogP contribution in [0.4, 0.5) is 0 Å². The maximum atomic E-state index is 6.20. The van der Waals surface area contributed by atoms with Gasteiger partial charge in [-0.05, 0) is 57.6 Å². The van der Waals surface area contributed by atoms with Gasteiger partial charge in [0.05, 0.1) is 16.7 Å². The molecule has 2 saturated heterocycles. The van der Waals surface area contributed by atoms with Crippen molar-refractivity contribution in [1.82, 2.24) is 4.90 Å². The van der Waals surface area contributed by atoms with Crippen molar-refractivity contribution < 1.29 is 4.74 Å². The number of hydrogen-bond acceptors (Lipinski definition) is 2. The highest BCUT2D eigenvalue weighted by molar-refractivity contribution is 6.42. The van der Waals surface area contributed by atoms with E-state index in [0.29, 0.717) is 28.0 Å². The predicted molar refractivity (Wildman–Crippen MR) is 107 cm³/mol. The molecule has 140 valence electrons. The topological polar surface area (TPSA) is 12.5 Å². The van der Waals surface area contributed by atoms with Gasteiger partial charge in [-0.3, -0.25) is 4.90 Å². The molecule has 2 bridgehead atoms. The number of piperidine rings is 1. The van der Waals surface area contributed by atoms with Crippen molar-refractivity contribution in [3.05, 3.63) is 28.2 Å². The van der Waals surface area contributed by atoms with Gasteiger partial charge < -0.3 is 4.74 Å². The third-order valence-electron chi connectivity index (χ3n) is 6.13. The van der Waals surface area contributed by atoms with E-state index >= 15 is 0 Å². The number of halogens is 2. The zero-order valence-electron chi connectivity index (χ0n) is 15.7. The first-order valence-electron chi connectivity index (χ1n) is 9.86. The standard InChI is InChI=1S/C21H31Cl2NO/c1-4-5-6-15-11-16-7-10-21(24(16)14(2)3)18(15)13-25-17-8-9-19(22)20(23)12-17/h8-9,12,14-16,18,21H,4-7,10-11,13H2,1-3H3/t15-,16?,18+,21?/m0/s1. The van der Waals surface area contributed by atoms with Crippen LogP contribution in [0.5, 0.6) is 5.75 Å². The SMILES string of the molecule is CCCC[C@H]1CC2CCC([C@@H]1COc1ccc(Cl)c(Cl)c1)N2C(C)C. The van der Waals surface area contributed by atoms with Crippen LogP contribution in [0.2, 0.25) is 10.0 Å². The second kappa shape index (κ2) is 8.50. The van der Waals surface area contributed by atoms with E-state index in [4.69, 9.17) is 27.9 Å². The molecule has 1 aromatic carbocycles. The summed E-state index contributed by atoms with van der Waals surface area (Å²) in [6.07, 6.45) is 7.96. The van der Waals surface area contributed by atoms with E-state index in [1.807, 2.05) is 18.2 Å². The lowest BCUT2D eigenvalue weighted by Gasteiger charge is -2.46. The zero-order valence-corrected chi connectivity index (χ0v) is 17.2. The molecule has 0 amide bonds. The summed E-state index contributed by atoms with van der Waals surface area (Å²) in [5, 5.41) is 1.15. The summed E-state index contributed by atoms with van der Waals surface area (Å²) in [6, 6.07) is 7.66. The normalized spacial score (nSPS) is 29.4. The van der Waals surface area contributed by atoms with Crippen LogP contribution >= 0.6 is 23.2 Å². The molecule has 0 spiro atoms. The van der Waals surface area contributed by atoms with Crippen LogP contribution in [-0.2, 0) is 0 Å². The van der Waals surface area contributed by atoms with Crippen molar-refractivity contribution in [2.75, 3.05) is 6.61 Å². The summed E-state index contributed by atoms with van der Waals surface area (Å²) in [4.78, 5) is 2.77. The lowest BCUT2D eigenvalue weighted by Crippen LogP contribution is -2.53. The first-order valence-corrected chi connectivity index (χ1v) is 10.6. The molecular formula is C21H31Cl2NO. The summed E-state index contributed by atoms with van der Waals surface area (Å²) in [7, 11) is 0. The molecule has 3 rings (SSSR count). The fraction of sp³-hybridized carbons (Fsp3) is 0.714. The number of unbranched alkanes of at least 4 members (excludes halogenated alkanes) is 1. The summed E-state index contributed by atoms with van der Waals surface area (Å²) in [5.41, 5.74) is 0. The van der Waals surface area contributed by atoms with Crippen molar-refractivity contribution in [1.29, 1.82) is 0 Å². The Kier molecular flexibility index (Phi) is 6.57. The fourth-order valence-corrected chi connectivity index (χ4v) is 5.34. The van der Waals surface area contributed by atoms with Gasteiger partial charge in [0, 0.05) is 30.1 Å². The molecule has 1 aromatic rings. The molecule has 0 N–H and O–H groups in total. The number of benzene rings is 1. The van der Waals surface area contributed by atoms with E-state index in [1.165, 1.54) is 38.5 Å². The van der Waals surface area contributed by atoms with E-state index in [9.17, 15) is 0 Å². The molecule has 4 heteroatoms. The van der Waals surface area contributed by atoms with Gasteiger partial charge in [0.25, 0.3) is 0 Å². The second-order valence-corrected chi connectivity index (χ2v) is 8.84. The van der Waals surface area contributed by atoms with Crippen LogP contribution in [0.3, 0.4) is 0 Å². The molecule has 0 aromatic heterocycles. The van der Waals surface area contributed by atoms with E-state index in [1.54, 1.807) is 0 Å². The van der Waals surface area contributed by atoms with Crippen LogP contribution < -0.4 is 4.74 Å². The number of rotatable bonds is 7. The van der Waals surface area contributed by atoms with Gasteiger partial charge in [0.15, 0.2) is 0 Å². The summed E-state index contributed by atoms with van der Waals surface area (Å²) in [5.74, 6) is 2.23. The van der Waals surface area contributed by atoms with Crippen molar-refractivity contribution in [3.63, 3.8) is 0 Å². The largest absolute Gasteiger partial charge is 0.493 e. The van der Waals surface area contributed by atoms with Crippen LogP contribution in [-0.4, -0.2) is 29.6 Å². The second-order valence-electron chi connectivity index (χ2n) is 8.03. The highest BCUT2D eigenvalue weighted by Crippen LogP contribution is 2.45. The highest BCUT2D eigenvalue weighted by atomic mass is 35.5. The number of ether oxygens (including phenoxy) is 1. The van der Waals surface area contributed by atoms with Gasteiger partial charge in [0.1, 0.15) is 5.75 Å². The average Bonchev–Trinajstić information content (AvgIpc) is 2.91. The van der Waals surface area contributed by atoms with Gasteiger partial charge >= 0.3 is 0 Å². The number of hydrogen-bond donors (Lipinski definition) is 0. The van der Waals surface area contributed by atoms with Crippen LogP contribution in [0.1, 0.15) is 59.3 Å². The Morgan fingerprint density at radius 2 is 2.00 bits per heavy atom. The van der Waals surface area contributed by atoms with Crippen molar-refractivity contribution >= 4 is 23.2 Å². The molecule has 2 unspecified atom stereocenters. The third kappa shape index (κ3) is 4.28. The summed E-state index contributed by atoms with van der Waals surface area (Å²) < 4.78 is 6.20. The first kappa shape index (κ1) is 19.3. The molecule has 2 aliphatic rings. The molecule has 2 aliphatic heterocycles. The van der Waals surface area contributed by atoms with Crippen LogP contribution in [0.25, 0.3) is 0 Å². The minimum atomic E-state index is 0.565. The Morgan fingerprint density at radius 1 is 1.20 bits per heavy atom. The van der Waals surface area contributed by atoms with E-state index in [2.05, 4.69) is 25.7 Å². The molecular weight excluding hydrogens is 353 g/mol. The van der Waals surface area contributed by atoms with Gasteiger partial charge in [0.2, 0.25) is 0 Å². The van der Waals surface area contributed by atoms with Gasteiger partial charge in [-0.2, -0.15) is 0 Å². The molecule has 0 saturated carbocycles. The molecule has 25 heavy (non-hydrogen) atoms. The smallest absolute Gasteiger partial charge is 0.120 e. The Morgan fingerprint density at radius 3 is 2.68 bits per heavy atom. The molecule has 2 nitrogen and oxygen atoms in total. The molecule has 2 fully saturated rings. The van der Waals surface area contributed by atoms with Crippen molar-refractivity contribution in [3.8, 4) is 5.75 Å². The van der Waals surface area contributed by atoms with Gasteiger partial charge in [-0.1, -0.05) is 43.0 Å². The Bertz CT molecular complexity index is 577. The maximum Gasteiger partial charge on any atom is 0.120 e. The lowest BCUT2D eigenvalue weighted by molar-refractivity contribution is -0.00129. The van der Waals surface area contributed by atoms with Crippen LogP contribution in [0.15, 0.2) is 18.2 Å². The third-order valence-corrected chi connectivity index (χ3v) is 6.87. The zero-order chi connectivity index (χ0) is 18.0. The quantitative estimate of drug-likeness (QED) is 0.536. The van der Waals surface area contributed by atoms with E-state index in [-0.39, 0.29) is 0 Å². The highest BCUT2D eigenvalue weighted by Gasteiger charge is 2.47. The van der Waals surface area contributed by atoms with Crippen molar-refractivity contribution in [2.24, 2.45) is 11.8 Å². The predicted octanol–water partition coefficient (Wildman–Crippen LogP) is 6.44. The summed E-state index contributed by atoms with van der Waals surface area (Å²) >= 11 is 12.2. The van der Waals surface area contributed by atoms with E-state index in [0.717, 1.165) is 24.3 Å². The van der Waals surface area contributed by atoms with Crippen LogP contribution in [0, 0.1) is 11.8 Å². The van der Waals surface area contributed by atoms with E-state index < -0.39 is 0 Å². The lowest BCUT2D eigenvalue weighted by atomic mass is 9.77. The monoisotopic (exact) mass is 383 g/mol. The Balaban J connectivity index is 1.72. The molecule has 0 radical (unpaired) electrons. The number of nitrogens with zero attached hydrogens (tertiary/aromatic N) is 1. The molecule has 4 atom stereocenters. The Labute approximate surface area is 162 Å². The fourth-order valence-electron chi connectivity index (χ4n) is 5.05. The minimum Gasteiger partial charge on any atom is -0.493 e.